The highest BCUT2D eigenvalue weighted by molar-refractivity contribution is 5.80. The van der Waals surface area contributed by atoms with Crippen molar-refractivity contribution >= 4 is 11.9 Å². The van der Waals surface area contributed by atoms with E-state index < -0.39 is 5.97 Å². The Morgan fingerprint density at radius 3 is 2.53 bits per heavy atom. The number of nitrogens with zero attached hydrogens (tertiary/aromatic N) is 2. The maximum Gasteiger partial charge on any atom is 0.303 e. The Kier molecular flexibility index (Phi) is 5.09. The zero-order chi connectivity index (χ0) is 14.5. The van der Waals surface area contributed by atoms with E-state index in [-0.39, 0.29) is 30.2 Å². The number of hydrogen-bond donors (Lipinski definition) is 2. The van der Waals surface area contributed by atoms with Gasteiger partial charge in [0.25, 0.3) is 0 Å². The van der Waals surface area contributed by atoms with E-state index in [1.807, 2.05) is 33.0 Å². The number of amides is 1. The minimum absolute atomic E-state index is 0.00101. The van der Waals surface area contributed by atoms with E-state index in [1.54, 1.807) is 10.9 Å². The summed E-state index contributed by atoms with van der Waals surface area (Å²) in [5.41, 5.74) is -0.134. The number of rotatable bonds is 6. The standard InChI is InChI=1S/C13H21N3O3/c1-13(2,3)10(9-16-8-4-7-14-16)15-11(17)5-6-12(18)19/h4,7-8,10H,5-6,9H2,1-3H3,(H,15,17)(H,18,19)/t10-/m0/s1. The normalized spacial score (nSPS) is 13.0. The Morgan fingerprint density at radius 2 is 2.05 bits per heavy atom. The van der Waals surface area contributed by atoms with Crippen molar-refractivity contribution in [1.82, 2.24) is 15.1 Å². The van der Waals surface area contributed by atoms with Crippen LogP contribution in [0, 0.1) is 5.41 Å². The minimum atomic E-state index is -0.963. The van der Waals surface area contributed by atoms with Crippen LogP contribution >= 0.6 is 0 Å². The molecule has 1 amide bonds. The van der Waals surface area contributed by atoms with Crippen molar-refractivity contribution in [2.45, 2.75) is 46.2 Å². The zero-order valence-corrected chi connectivity index (χ0v) is 11.6. The van der Waals surface area contributed by atoms with Crippen molar-refractivity contribution in [2.75, 3.05) is 0 Å². The van der Waals surface area contributed by atoms with E-state index in [4.69, 9.17) is 5.11 Å². The van der Waals surface area contributed by atoms with Crippen molar-refractivity contribution in [3.8, 4) is 0 Å². The molecule has 1 atom stereocenters. The third kappa shape index (κ3) is 5.54. The second-order valence-electron chi connectivity index (χ2n) is 5.61. The number of carbonyl (C=O) groups is 2. The Hall–Kier alpha value is -1.85. The molecule has 0 aromatic carbocycles. The molecule has 0 aliphatic rings. The summed E-state index contributed by atoms with van der Waals surface area (Å²) >= 11 is 0. The molecular weight excluding hydrogens is 246 g/mol. The number of nitrogens with one attached hydrogen (secondary N) is 1. The van der Waals surface area contributed by atoms with Gasteiger partial charge in [-0.05, 0) is 11.5 Å². The number of carboxylic acids is 1. The lowest BCUT2D eigenvalue weighted by atomic mass is 9.86. The van der Waals surface area contributed by atoms with E-state index >= 15 is 0 Å². The first-order valence-electron chi connectivity index (χ1n) is 6.27. The molecule has 2 N–H and O–H groups in total. The molecule has 1 rings (SSSR count). The van der Waals surface area contributed by atoms with Crippen LogP contribution in [0.1, 0.15) is 33.6 Å². The Labute approximate surface area is 112 Å². The lowest BCUT2D eigenvalue weighted by Crippen LogP contribution is -2.46. The Morgan fingerprint density at radius 1 is 1.37 bits per heavy atom. The average molecular weight is 267 g/mol. The van der Waals surface area contributed by atoms with Crippen LogP contribution in [0.3, 0.4) is 0 Å². The predicted molar refractivity (Wildman–Crippen MR) is 70.5 cm³/mol. The first kappa shape index (κ1) is 15.2. The minimum Gasteiger partial charge on any atom is -0.481 e. The van der Waals surface area contributed by atoms with Gasteiger partial charge in [0.1, 0.15) is 0 Å². The van der Waals surface area contributed by atoms with Gasteiger partial charge in [-0.1, -0.05) is 20.8 Å². The van der Waals surface area contributed by atoms with Crippen molar-refractivity contribution in [2.24, 2.45) is 5.41 Å². The summed E-state index contributed by atoms with van der Waals surface area (Å²) in [6, 6.07) is 1.72. The SMILES string of the molecule is CC(C)(C)[C@H](Cn1cccn1)NC(=O)CCC(=O)O. The number of hydrogen-bond acceptors (Lipinski definition) is 3. The third-order valence-corrected chi connectivity index (χ3v) is 2.88. The van der Waals surface area contributed by atoms with Crippen molar-refractivity contribution in [3.05, 3.63) is 18.5 Å². The monoisotopic (exact) mass is 267 g/mol. The number of aromatic nitrogens is 2. The van der Waals surface area contributed by atoms with Gasteiger partial charge in [0.05, 0.1) is 19.0 Å². The average Bonchev–Trinajstić information content (AvgIpc) is 2.77. The molecular formula is C13H21N3O3. The molecule has 0 spiro atoms. The fraction of sp³-hybridized carbons (Fsp3) is 0.615. The van der Waals surface area contributed by atoms with Crippen LogP contribution in [0.25, 0.3) is 0 Å². The van der Waals surface area contributed by atoms with Gasteiger partial charge in [0.15, 0.2) is 0 Å². The molecule has 1 aromatic rings. The van der Waals surface area contributed by atoms with Crippen molar-refractivity contribution in [1.29, 1.82) is 0 Å². The van der Waals surface area contributed by atoms with E-state index in [2.05, 4.69) is 10.4 Å². The summed E-state index contributed by atoms with van der Waals surface area (Å²) in [7, 11) is 0. The molecule has 6 nitrogen and oxygen atoms in total. The Balaban J connectivity index is 2.60. The molecule has 1 aromatic heterocycles. The smallest absolute Gasteiger partial charge is 0.303 e. The van der Waals surface area contributed by atoms with Gasteiger partial charge < -0.3 is 10.4 Å². The van der Waals surface area contributed by atoms with Gasteiger partial charge in [-0.2, -0.15) is 5.10 Å². The van der Waals surface area contributed by atoms with Gasteiger partial charge in [0.2, 0.25) is 5.91 Å². The first-order chi connectivity index (χ1) is 8.79. The molecule has 0 aliphatic heterocycles. The van der Waals surface area contributed by atoms with Crippen LogP contribution in [0.15, 0.2) is 18.5 Å². The number of carboxylic acid groups (broad SMARTS) is 1. The molecule has 0 bridgehead atoms. The largest absolute Gasteiger partial charge is 0.481 e. The maximum absolute atomic E-state index is 11.7. The van der Waals surface area contributed by atoms with Gasteiger partial charge in [0, 0.05) is 18.8 Å². The van der Waals surface area contributed by atoms with E-state index in [0.29, 0.717) is 6.54 Å². The fourth-order valence-corrected chi connectivity index (χ4v) is 1.62. The molecule has 19 heavy (non-hydrogen) atoms. The molecule has 0 unspecified atom stereocenters. The predicted octanol–water partition coefficient (Wildman–Crippen LogP) is 1.28. The molecule has 0 saturated heterocycles. The van der Waals surface area contributed by atoms with Crippen LogP contribution in [0.2, 0.25) is 0 Å². The Bertz CT molecular complexity index is 421. The topological polar surface area (TPSA) is 84.2 Å². The van der Waals surface area contributed by atoms with E-state index in [9.17, 15) is 9.59 Å². The maximum atomic E-state index is 11.7. The lowest BCUT2D eigenvalue weighted by Gasteiger charge is -2.31. The summed E-state index contributed by atoms with van der Waals surface area (Å²) in [4.78, 5) is 22.2. The lowest BCUT2D eigenvalue weighted by molar-refractivity contribution is -0.139. The molecule has 0 aliphatic carbocycles. The zero-order valence-electron chi connectivity index (χ0n) is 11.6. The second-order valence-corrected chi connectivity index (χ2v) is 5.61. The van der Waals surface area contributed by atoms with E-state index in [1.165, 1.54) is 0 Å². The van der Waals surface area contributed by atoms with Crippen LogP contribution < -0.4 is 5.32 Å². The van der Waals surface area contributed by atoms with Crippen LogP contribution in [0.5, 0.6) is 0 Å². The number of aliphatic carboxylic acids is 1. The van der Waals surface area contributed by atoms with Gasteiger partial charge in [-0.25, -0.2) is 0 Å². The van der Waals surface area contributed by atoms with Gasteiger partial charge in [-0.3, -0.25) is 14.3 Å². The van der Waals surface area contributed by atoms with Crippen LogP contribution in [-0.2, 0) is 16.1 Å². The van der Waals surface area contributed by atoms with Crippen molar-refractivity contribution < 1.29 is 14.7 Å². The van der Waals surface area contributed by atoms with Crippen LogP contribution in [-0.4, -0.2) is 32.8 Å². The van der Waals surface area contributed by atoms with Crippen molar-refractivity contribution in [3.63, 3.8) is 0 Å². The molecule has 6 heteroatoms. The summed E-state index contributed by atoms with van der Waals surface area (Å²) in [5.74, 6) is -1.20. The summed E-state index contributed by atoms with van der Waals surface area (Å²) in [5, 5.41) is 15.6. The molecule has 0 fully saturated rings. The van der Waals surface area contributed by atoms with Gasteiger partial charge >= 0.3 is 5.97 Å². The second kappa shape index (κ2) is 6.36. The highest BCUT2D eigenvalue weighted by Crippen LogP contribution is 2.20. The highest BCUT2D eigenvalue weighted by atomic mass is 16.4. The highest BCUT2D eigenvalue weighted by Gasteiger charge is 2.26. The first-order valence-corrected chi connectivity index (χ1v) is 6.27. The number of carbonyl (C=O) groups excluding carboxylic acids is 1. The molecule has 0 radical (unpaired) electrons. The third-order valence-electron chi connectivity index (χ3n) is 2.88. The molecule has 1 heterocycles. The van der Waals surface area contributed by atoms with Gasteiger partial charge in [-0.15, -0.1) is 0 Å². The molecule has 0 saturated carbocycles. The summed E-state index contributed by atoms with van der Waals surface area (Å²) < 4.78 is 1.76. The van der Waals surface area contributed by atoms with E-state index in [0.717, 1.165) is 0 Å². The quantitative estimate of drug-likeness (QED) is 0.813. The summed E-state index contributed by atoms with van der Waals surface area (Å²) in [6.45, 7) is 6.64. The molecule has 106 valence electrons. The fourth-order valence-electron chi connectivity index (χ4n) is 1.62. The summed E-state index contributed by atoms with van der Waals surface area (Å²) in [6.07, 6.45) is 3.37. The van der Waals surface area contributed by atoms with Crippen LogP contribution in [0.4, 0.5) is 0 Å².